The number of hydrogen-bond acceptors (Lipinski definition) is 4. The molecular weight excluding hydrogens is 376 g/mol. The summed E-state index contributed by atoms with van der Waals surface area (Å²) in [4.78, 5) is 12.9. The lowest BCUT2D eigenvalue weighted by Gasteiger charge is -2.18. The van der Waals surface area contributed by atoms with E-state index < -0.39 is 0 Å². The van der Waals surface area contributed by atoms with Crippen molar-refractivity contribution in [3.63, 3.8) is 0 Å². The molecule has 1 amide bonds. The van der Waals surface area contributed by atoms with E-state index in [2.05, 4.69) is 21.6 Å². The van der Waals surface area contributed by atoms with Gasteiger partial charge in [-0.3, -0.25) is 9.89 Å². The molecule has 0 aliphatic carbocycles. The minimum Gasteiger partial charge on any atom is -0.497 e. The number of nitrogens with zero attached hydrogens (tertiary/aromatic N) is 1. The first-order valence-corrected chi connectivity index (χ1v) is 9.79. The van der Waals surface area contributed by atoms with Crippen molar-refractivity contribution < 1.29 is 9.53 Å². The molecule has 0 saturated heterocycles. The first-order chi connectivity index (χ1) is 14.6. The summed E-state index contributed by atoms with van der Waals surface area (Å²) >= 11 is 0. The summed E-state index contributed by atoms with van der Waals surface area (Å²) in [5, 5.41) is 11.4. The second-order valence-electron chi connectivity index (χ2n) is 7.19. The van der Waals surface area contributed by atoms with Crippen molar-refractivity contribution in [2.24, 2.45) is 5.73 Å². The van der Waals surface area contributed by atoms with Crippen molar-refractivity contribution >= 4 is 16.8 Å². The van der Waals surface area contributed by atoms with Crippen molar-refractivity contribution in [2.75, 3.05) is 13.7 Å². The number of methoxy groups -OCH3 is 1. The van der Waals surface area contributed by atoms with Crippen LogP contribution < -0.4 is 15.8 Å². The van der Waals surface area contributed by atoms with E-state index in [0.29, 0.717) is 5.56 Å². The Morgan fingerprint density at radius 1 is 1.10 bits per heavy atom. The molecule has 0 spiro atoms. The summed E-state index contributed by atoms with van der Waals surface area (Å²) in [6.45, 7) is 2.26. The Kier molecular flexibility index (Phi) is 5.50. The van der Waals surface area contributed by atoms with Crippen molar-refractivity contribution in [1.29, 1.82) is 0 Å². The van der Waals surface area contributed by atoms with E-state index in [4.69, 9.17) is 10.5 Å². The van der Waals surface area contributed by atoms with E-state index in [1.165, 1.54) is 0 Å². The van der Waals surface area contributed by atoms with Crippen molar-refractivity contribution in [3.05, 3.63) is 83.6 Å². The normalized spacial score (nSPS) is 12.0. The topological polar surface area (TPSA) is 93.0 Å². The van der Waals surface area contributed by atoms with Crippen LogP contribution in [0.3, 0.4) is 0 Å². The number of ether oxygens (including phenoxy) is 1. The molecule has 0 saturated carbocycles. The fraction of sp³-hybridized carbons (Fsp3) is 0.167. The monoisotopic (exact) mass is 400 g/mol. The maximum absolute atomic E-state index is 12.9. The third-order valence-electron chi connectivity index (χ3n) is 5.25. The number of aromatic amines is 1. The third-order valence-corrected chi connectivity index (χ3v) is 5.25. The van der Waals surface area contributed by atoms with Gasteiger partial charge >= 0.3 is 0 Å². The van der Waals surface area contributed by atoms with Crippen molar-refractivity contribution in [1.82, 2.24) is 15.5 Å². The minimum atomic E-state index is -0.304. The zero-order valence-corrected chi connectivity index (χ0v) is 17.0. The highest BCUT2D eigenvalue weighted by Crippen LogP contribution is 2.26. The van der Waals surface area contributed by atoms with Crippen molar-refractivity contribution in [2.45, 2.75) is 13.0 Å². The molecule has 0 radical (unpaired) electrons. The number of rotatable bonds is 6. The van der Waals surface area contributed by atoms with Gasteiger partial charge < -0.3 is 15.8 Å². The second-order valence-corrected chi connectivity index (χ2v) is 7.19. The van der Waals surface area contributed by atoms with Crippen LogP contribution in [0.1, 0.15) is 27.7 Å². The molecule has 1 heterocycles. The second kappa shape index (κ2) is 8.39. The number of nitrogens with one attached hydrogen (secondary N) is 2. The lowest BCUT2D eigenvalue weighted by molar-refractivity contribution is 0.0938. The highest BCUT2D eigenvalue weighted by molar-refractivity contribution is 5.96. The molecule has 0 fully saturated rings. The number of benzene rings is 3. The number of fused-ring (bicyclic) bond motifs is 1. The van der Waals surface area contributed by atoms with E-state index in [-0.39, 0.29) is 18.5 Å². The minimum absolute atomic E-state index is 0.171. The molecule has 0 unspecified atom stereocenters. The molecule has 0 aliphatic heterocycles. The van der Waals surface area contributed by atoms with E-state index in [9.17, 15) is 4.79 Å². The SMILES string of the molecule is COc1cccc([C@H](CN)NC(=O)c2cccc(-c3ccc4[nH]nc(C)c4c3)c2)c1. The van der Waals surface area contributed by atoms with E-state index in [0.717, 1.165) is 39.0 Å². The van der Waals surface area contributed by atoms with Gasteiger partial charge in [-0.1, -0.05) is 30.3 Å². The predicted octanol–water partition coefficient (Wildman–Crippen LogP) is 3.98. The van der Waals surface area contributed by atoms with Crippen LogP contribution in [0.2, 0.25) is 0 Å². The standard InChI is InChI=1S/C24H24N4O2/c1-15-21-13-17(9-10-22(21)28-27-15)16-5-3-7-19(11-16)24(29)26-23(14-25)18-6-4-8-20(12-18)30-2/h3-13,23H,14,25H2,1-2H3,(H,26,29)(H,27,28)/t23-/m0/s1. The zero-order chi connectivity index (χ0) is 21.1. The van der Waals surface area contributed by atoms with Gasteiger partial charge in [-0.15, -0.1) is 0 Å². The van der Waals surface area contributed by atoms with Gasteiger partial charge in [0, 0.05) is 17.5 Å². The molecule has 0 bridgehead atoms. The maximum Gasteiger partial charge on any atom is 0.251 e. The Balaban J connectivity index is 1.59. The van der Waals surface area contributed by atoms with Crippen LogP contribution in [0, 0.1) is 6.92 Å². The summed E-state index contributed by atoms with van der Waals surface area (Å²) in [7, 11) is 1.61. The summed E-state index contributed by atoms with van der Waals surface area (Å²) in [6.07, 6.45) is 0. The Hall–Kier alpha value is -3.64. The Bertz CT molecular complexity index is 1200. The third kappa shape index (κ3) is 3.90. The van der Waals surface area contributed by atoms with E-state index in [1.54, 1.807) is 13.2 Å². The highest BCUT2D eigenvalue weighted by Gasteiger charge is 2.16. The molecule has 1 atom stereocenters. The van der Waals surface area contributed by atoms with E-state index in [1.807, 2.05) is 61.5 Å². The van der Waals surface area contributed by atoms with Crippen LogP contribution in [0.15, 0.2) is 66.7 Å². The number of carbonyl (C=O) groups excluding carboxylic acids is 1. The molecule has 4 aromatic rings. The first kappa shape index (κ1) is 19.7. The Labute approximate surface area is 175 Å². The van der Waals surface area contributed by atoms with Gasteiger partial charge in [0.15, 0.2) is 0 Å². The molecule has 4 N–H and O–H groups in total. The number of nitrogens with two attached hydrogens (primary N) is 1. The molecule has 4 rings (SSSR count). The van der Waals surface area contributed by atoms with E-state index >= 15 is 0 Å². The average Bonchev–Trinajstić information content (AvgIpc) is 3.17. The fourth-order valence-electron chi connectivity index (χ4n) is 3.54. The molecule has 30 heavy (non-hydrogen) atoms. The molecule has 3 aromatic carbocycles. The lowest BCUT2D eigenvalue weighted by atomic mass is 10.0. The quantitative estimate of drug-likeness (QED) is 0.456. The lowest BCUT2D eigenvalue weighted by Crippen LogP contribution is -2.33. The summed E-state index contributed by atoms with van der Waals surface area (Å²) in [6, 6.07) is 21.0. The molecule has 6 heteroatoms. The van der Waals surface area contributed by atoms with Gasteiger partial charge in [0.1, 0.15) is 5.75 Å². The predicted molar refractivity (Wildman–Crippen MR) is 119 cm³/mol. The van der Waals surface area contributed by atoms with Crippen LogP contribution in [0.5, 0.6) is 5.75 Å². The largest absolute Gasteiger partial charge is 0.497 e. The van der Waals surface area contributed by atoms with Gasteiger partial charge in [0.25, 0.3) is 5.91 Å². The summed E-state index contributed by atoms with van der Waals surface area (Å²) in [5.74, 6) is 0.558. The average molecular weight is 400 g/mol. The van der Waals surface area contributed by atoms with Gasteiger partial charge in [-0.25, -0.2) is 0 Å². The molecule has 0 aliphatic rings. The number of hydrogen-bond donors (Lipinski definition) is 3. The number of amides is 1. The number of H-pyrrole nitrogens is 1. The van der Waals surface area contributed by atoms with Gasteiger partial charge in [-0.05, 0) is 60.0 Å². The maximum atomic E-state index is 12.9. The van der Waals surface area contributed by atoms with Crippen LogP contribution in [0.4, 0.5) is 0 Å². The smallest absolute Gasteiger partial charge is 0.251 e. The summed E-state index contributed by atoms with van der Waals surface area (Å²) < 4.78 is 5.28. The molecular formula is C24H24N4O2. The molecule has 152 valence electrons. The highest BCUT2D eigenvalue weighted by atomic mass is 16.5. The van der Waals surface area contributed by atoms with Crippen molar-refractivity contribution in [3.8, 4) is 16.9 Å². The van der Waals surface area contributed by atoms with Crippen LogP contribution in [-0.4, -0.2) is 29.8 Å². The molecule has 6 nitrogen and oxygen atoms in total. The number of aromatic nitrogens is 2. The Morgan fingerprint density at radius 3 is 2.70 bits per heavy atom. The fourth-order valence-corrected chi connectivity index (χ4v) is 3.54. The van der Waals surface area contributed by atoms with Gasteiger partial charge in [0.05, 0.1) is 24.4 Å². The van der Waals surface area contributed by atoms with Crippen LogP contribution in [-0.2, 0) is 0 Å². The van der Waals surface area contributed by atoms with Gasteiger partial charge in [-0.2, -0.15) is 5.10 Å². The zero-order valence-electron chi connectivity index (χ0n) is 17.0. The summed E-state index contributed by atoms with van der Waals surface area (Å²) in [5.41, 5.74) is 11.4. The Morgan fingerprint density at radius 2 is 1.90 bits per heavy atom. The molecule has 1 aromatic heterocycles. The number of aryl methyl sites for hydroxylation is 1. The van der Waals surface area contributed by atoms with Crippen LogP contribution >= 0.6 is 0 Å². The number of carbonyl (C=O) groups is 1. The van der Waals surface area contributed by atoms with Crippen LogP contribution in [0.25, 0.3) is 22.0 Å². The van der Waals surface area contributed by atoms with Gasteiger partial charge in [0.2, 0.25) is 0 Å². The first-order valence-electron chi connectivity index (χ1n) is 9.79.